The van der Waals surface area contributed by atoms with Crippen LogP contribution in [-0.2, 0) is 12.1 Å². The van der Waals surface area contributed by atoms with Crippen molar-refractivity contribution in [3.05, 3.63) is 74.7 Å². The summed E-state index contributed by atoms with van der Waals surface area (Å²) < 4.78 is 1.04. The fraction of sp³-hybridized carbons (Fsp3) is 0.174. The lowest BCUT2D eigenvalue weighted by atomic mass is 10.0. The summed E-state index contributed by atoms with van der Waals surface area (Å²) in [6.45, 7) is 4.07. The van der Waals surface area contributed by atoms with Crippen LogP contribution in [0.3, 0.4) is 0 Å². The standard InChI is InChI=1S/C23H19Cl2N5O2S/c1-23(2)19-13(11-30(23)22(32)26-18-14(24)7-5-8-15(18)25)20(29-28-19)27-21(31)17-10-12-6-3-4-9-16(12)33-17/h3-10H,11H2,1-2H3,(H,26,32)(H2,27,28,29,31). The Balaban J connectivity index is 1.38. The Labute approximate surface area is 203 Å². The summed E-state index contributed by atoms with van der Waals surface area (Å²) in [6, 6.07) is 14.4. The zero-order chi connectivity index (χ0) is 23.3. The maximum Gasteiger partial charge on any atom is 0.323 e. The first-order chi connectivity index (χ1) is 15.8. The van der Waals surface area contributed by atoms with Crippen LogP contribution in [0.5, 0.6) is 0 Å². The van der Waals surface area contributed by atoms with E-state index in [0.29, 0.717) is 26.4 Å². The van der Waals surface area contributed by atoms with E-state index in [1.807, 2.05) is 44.2 Å². The van der Waals surface area contributed by atoms with Crippen molar-refractivity contribution in [3.8, 4) is 0 Å². The highest BCUT2D eigenvalue weighted by atomic mass is 35.5. The number of hydrogen-bond donors (Lipinski definition) is 3. The third kappa shape index (κ3) is 3.74. The minimum Gasteiger partial charge on any atom is -0.309 e. The van der Waals surface area contributed by atoms with E-state index < -0.39 is 5.54 Å². The molecule has 0 bridgehead atoms. The summed E-state index contributed by atoms with van der Waals surface area (Å²) in [4.78, 5) is 28.3. The van der Waals surface area contributed by atoms with Crippen LogP contribution in [0.1, 0.15) is 34.8 Å². The van der Waals surface area contributed by atoms with Crippen LogP contribution in [0.4, 0.5) is 16.3 Å². The molecule has 7 nitrogen and oxygen atoms in total. The zero-order valence-corrected chi connectivity index (χ0v) is 20.0. The molecular formula is C23H19Cl2N5O2S. The van der Waals surface area contributed by atoms with Gasteiger partial charge in [0.1, 0.15) is 0 Å². The number of carbonyl (C=O) groups excluding carboxylic acids is 2. The SMILES string of the molecule is CC1(C)c2[nH]nc(NC(=O)c3cc4ccccc4s3)c2CN1C(=O)Nc1c(Cl)cccc1Cl. The van der Waals surface area contributed by atoms with Gasteiger partial charge in [-0.2, -0.15) is 5.10 Å². The van der Waals surface area contributed by atoms with Crippen LogP contribution in [0, 0.1) is 0 Å². The Morgan fingerprint density at radius 1 is 1.09 bits per heavy atom. The number of urea groups is 1. The van der Waals surface area contributed by atoms with Crippen molar-refractivity contribution in [1.82, 2.24) is 15.1 Å². The van der Waals surface area contributed by atoms with Crippen LogP contribution in [0.2, 0.25) is 10.0 Å². The molecule has 0 radical (unpaired) electrons. The van der Waals surface area contributed by atoms with Gasteiger partial charge >= 0.3 is 6.03 Å². The number of halogens is 2. The average molecular weight is 500 g/mol. The van der Waals surface area contributed by atoms with Crippen molar-refractivity contribution in [3.63, 3.8) is 0 Å². The molecule has 2 aromatic carbocycles. The molecule has 10 heteroatoms. The molecule has 0 saturated carbocycles. The van der Waals surface area contributed by atoms with Gasteiger partial charge < -0.3 is 15.5 Å². The topological polar surface area (TPSA) is 90.1 Å². The maximum atomic E-state index is 13.1. The molecule has 3 N–H and O–H groups in total. The normalized spacial score (nSPS) is 14.4. The molecule has 4 aromatic rings. The average Bonchev–Trinajstić information content (AvgIpc) is 3.45. The molecule has 0 fully saturated rings. The third-order valence-electron chi connectivity index (χ3n) is 5.79. The molecule has 0 aliphatic carbocycles. The van der Waals surface area contributed by atoms with E-state index in [1.165, 1.54) is 11.3 Å². The molecule has 168 valence electrons. The van der Waals surface area contributed by atoms with Crippen LogP contribution in [0.15, 0.2) is 48.5 Å². The Morgan fingerprint density at radius 2 is 1.82 bits per heavy atom. The van der Waals surface area contributed by atoms with Crippen molar-refractivity contribution in [2.45, 2.75) is 25.9 Å². The first-order valence-corrected chi connectivity index (χ1v) is 11.7. The summed E-state index contributed by atoms with van der Waals surface area (Å²) >= 11 is 13.8. The molecule has 1 aliphatic heterocycles. The van der Waals surface area contributed by atoms with Crippen molar-refractivity contribution < 1.29 is 9.59 Å². The fourth-order valence-electron chi connectivity index (χ4n) is 4.00. The molecule has 5 rings (SSSR count). The number of aromatic nitrogens is 2. The monoisotopic (exact) mass is 499 g/mol. The molecule has 1 aliphatic rings. The minimum atomic E-state index is -0.694. The molecule has 0 spiro atoms. The number of carbonyl (C=O) groups is 2. The lowest BCUT2D eigenvalue weighted by Gasteiger charge is -2.32. The zero-order valence-electron chi connectivity index (χ0n) is 17.7. The summed E-state index contributed by atoms with van der Waals surface area (Å²) in [6.07, 6.45) is 0. The molecule has 3 amide bonds. The summed E-state index contributed by atoms with van der Waals surface area (Å²) in [7, 11) is 0. The second-order valence-corrected chi connectivity index (χ2v) is 10.1. The largest absolute Gasteiger partial charge is 0.323 e. The van der Waals surface area contributed by atoms with Crippen LogP contribution in [-0.4, -0.2) is 27.0 Å². The van der Waals surface area contributed by atoms with Crippen molar-refractivity contribution in [2.24, 2.45) is 0 Å². The van der Waals surface area contributed by atoms with Gasteiger partial charge in [0.2, 0.25) is 0 Å². The van der Waals surface area contributed by atoms with E-state index >= 15 is 0 Å². The second kappa shape index (κ2) is 8.06. The third-order valence-corrected chi connectivity index (χ3v) is 7.54. The molecule has 2 aromatic heterocycles. The highest BCUT2D eigenvalue weighted by Crippen LogP contribution is 2.41. The summed E-state index contributed by atoms with van der Waals surface area (Å²) in [5, 5.41) is 14.7. The molecule has 0 unspecified atom stereocenters. The van der Waals surface area contributed by atoms with E-state index in [0.717, 1.165) is 21.3 Å². The van der Waals surface area contributed by atoms with Crippen LogP contribution in [0.25, 0.3) is 10.1 Å². The molecule has 0 atom stereocenters. The number of nitrogens with one attached hydrogen (secondary N) is 3. The Bertz CT molecular complexity index is 1360. The smallest absolute Gasteiger partial charge is 0.309 e. The Hall–Kier alpha value is -3.07. The molecular weight excluding hydrogens is 481 g/mol. The number of para-hydroxylation sites is 1. The van der Waals surface area contributed by atoms with E-state index in [9.17, 15) is 9.59 Å². The first kappa shape index (κ1) is 21.8. The number of fused-ring (bicyclic) bond motifs is 2. The number of aromatic amines is 1. The van der Waals surface area contributed by atoms with Gasteiger partial charge in [-0.05, 0) is 43.5 Å². The lowest BCUT2D eigenvalue weighted by Crippen LogP contribution is -2.43. The number of anilines is 2. The number of rotatable bonds is 3. The van der Waals surface area contributed by atoms with E-state index in [4.69, 9.17) is 23.2 Å². The van der Waals surface area contributed by atoms with Crippen molar-refractivity contribution in [1.29, 1.82) is 0 Å². The number of nitrogens with zero attached hydrogens (tertiary/aromatic N) is 2. The number of amides is 3. The van der Waals surface area contributed by atoms with E-state index in [-0.39, 0.29) is 18.5 Å². The van der Waals surface area contributed by atoms with Gasteiger partial charge in [0.25, 0.3) is 5.91 Å². The number of H-pyrrole nitrogens is 1. The van der Waals surface area contributed by atoms with Crippen LogP contribution < -0.4 is 10.6 Å². The van der Waals surface area contributed by atoms with Crippen molar-refractivity contribution >= 4 is 68.1 Å². The number of benzene rings is 2. The van der Waals surface area contributed by atoms with E-state index in [1.54, 1.807) is 23.1 Å². The number of thiophene rings is 1. The van der Waals surface area contributed by atoms with Gasteiger partial charge in [-0.3, -0.25) is 9.89 Å². The summed E-state index contributed by atoms with van der Waals surface area (Å²) in [5.74, 6) is 0.167. The van der Waals surface area contributed by atoms with E-state index in [2.05, 4.69) is 20.8 Å². The molecule has 3 heterocycles. The summed E-state index contributed by atoms with van der Waals surface area (Å²) in [5.41, 5.74) is 1.18. The lowest BCUT2D eigenvalue weighted by molar-refractivity contribution is 0.103. The second-order valence-electron chi connectivity index (χ2n) is 8.20. The van der Waals surface area contributed by atoms with Gasteiger partial charge in [-0.1, -0.05) is 47.5 Å². The number of hydrogen-bond acceptors (Lipinski definition) is 4. The predicted octanol–water partition coefficient (Wildman–Crippen LogP) is 6.47. The van der Waals surface area contributed by atoms with Crippen LogP contribution >= 0.6 is 34.5 Å². The fourth-order valence-corrected chi connectivity index (χ4v) is 5.45. The van der Waals surface area contributed by atoms with Gasteiger partial charge in [-0.15, -0.1) is 11.3 Å². The van der Waals surface area contributed by atoms with Gasteiger partial charge in [0.15, 0.2) is 5.82 Å². The highest BCUT2D eigenvalue weighted by Gasteiger charge is 2.44. The first-order valence-electron chi connectivity index (χ1n) is 10.2. The molecule has 33 heavy (non-hydrogen) atoms. The quantitative estimate of drug-likeness (QED) is 0.301. The van der Waals surface area contributed by atoms with Gasteiger partial charge in [0, 0.05) is 10.3 Å². The predicted molar refractivity (Wildman–Crippen MR) is 132 cm³/mol. The highest BCUT2D eigenvalue weighted by molar-refractivity contribution is 7.20. The van der Waals surface area contributed by atoms with Gasteiger partial charge in [-0.25, -0.2) is 4.79 Å². The Kier molecular flexibility index (Phi) is 5.31. The molecule has 0 saturated heterocycles. The van der Waals surface area contributed by atoms with Crippen molar-refractivity contribution in [2.75, 3.05) is 10.6 Å². The Morgan fingerprint density at radius 3 is 2.55 bits per heavy atom. The maximum absolute atomic E-state index is 13.1. The van der Waals surface area contributed by atoms with Gasteiger partial charge in [0.05, 0.1) is 38.4 Å². The minimum absolute atomic E-state index is 0.242.